The predicted molar refractivity (Wildman–Crippen MR) is 112 cm³/mol. The molecule has 0 saturated carbocycles. The highest BCUT2D eigenvalue weighted by molar-refractivity contribution is 6.30. The topological polar surface area (TPSA) is 97.3 Å². The molecule has 1 atom stereocenters. The number of amides is 2. The highest BCUT2D eigenvalue weighted by atomic mass is 35.5. The molecule has 1 aromatic carbocycles. The van der Waals surface area contributed by atoms with Crippen LogP contribution in [0.5, 0.6) is 5.75 Å². The van der Waals surface area contributed by atoms with Crippen molar-refractivity contribution in [2.45, 2.75) is 13.0 Å². The Bertz CT molecular complexity index is 1190. The number of hydrogen-bond donors (Lipinski definition) is 1. The molecule has 0 spiro atoms. The molecular formula is C21H17ClFN5O3. The zero-order valence-electron chi connectivity index (χ0n) is 16.6. The smallest absolute Gasteiger partial charge is 0.289 e. The van der Waals surface area contributed by atoms with Crippen molar-refractivity contribution in [1.29, 1.82) is 0 Å². The average molecular weight is 442 g/mol. The van der Waals surface area contributed by atoms with Gasteiger partial charge in [-0.3, -0.25) is 14.5 Å². The molecule has 4 rings (SSSR count). The number of nitrogens with one attached hydrogen (secondary N) is 1. The van der Waals surface area contributed by atoms with E-state index in [-0.39, 0.29) is 18.2 Å². The number of carbonyl (C=O) groups excluding carboxylic acids is 2. The number of nitrogens with zero attached hydrogens (tertiary/aromatic N) is 4. The minimum atomic E-state index is -0.981. The Morgan fingerprint density at radius 1 is 1.29 bits per heavy atom. The lowest BCUT2D eigenvalue weighted by Crippen LogP contribution is -2.49. The second-order valence-corrected chi connectivity index (χ2v) is 7.37. The van der Waals surface area contributed by atoms with Crippen LogP contribution in [0.4, 0.5) is 10.2 Å². The maximum atomic E-state index is 13.4. The summed E-state index contributed by atoms with van der Waals surface area (Å²) in [7, 11) is 1.53. The van der Waals surface area contributed by atoms with Gasteiger partial charge in [0.25, 0.3) is 11.8 Å². The molecule has 3 heterocycles. The molecule has 1 unspecified atom stereocenters. The summed E-state index contributed by atoms with van der Waals surface area (Å²) >= 11 is 5.95. The summed E-state index contributed by atoms with van der Waals surface area (Å²) in [6.07, 6.45) is 2.84. The number of carbonyl (C=O) groups is 2. The number of benzene rings is 1. The maximum absolute atomic E-state index is 13.4. The first-order valence-electron chi connectivity index (χ1n) is 9.30. The number of hydrogen-bond acceptors (Lipinski definition) is 6. The molecule has 8 nitrogen and oxygen atoms in total. The maximum Gasteiger partial charge on any atom is 0.289 e. The number of fused-ring (bicyclic) bond motifs is 1. The number of halogens is 2. The predicted octanol–water partition coefficient (Wildman–Crippen LogP) is 2.79. The second-order valence-electron chi connectivity index (χ2n) is 6.93. The highest BCUT2D eigenvalue weighted by Gasteiger charge is 2.32. The van der Waals surface area contributed by atoms with Crippen LogP contribution < -0.4 is 15.0 Å². The zero-order valence-corrected chi connectivity index (χ0v) is 17.4. The van der Waals surface area contributed by atoms with Crippen LogP contribution in [0, 0.1) is 12.7 Å². The van der Waals surface area contributed by atoms with Crippen LogP contribution in [0.2, 0.25) is 5.02 Å². The Morgan fingerprint density at radius 2 is 2.10 bits per heavy atom. The van der Waals surface area contributed by atoms with Gasteiger partial charge in [-0.25, -0.2) is 19.3 Å². The van der Waals surface area contributed by atoms with Crippen LogP contribution in [0.15, 0.2) is 42.7 Å². The van der Waals surface area contributed by atoms with Crippen molar-refractivity contribution in [3.05, 3.63) is 65.0 Å². The lowest BCUT2D eigenvalue weighted by molar-refractivity contribution is -0.120. The van der Waals surface area contributed by atoms with Crippen molar-refractivity contribution in [2.24, 2.45) is 0 Å². The molecule has 10 heteroatoms. The van der Waals surface area contributed by atoms with E-state index in [1.807, 2.05) is 0 Å². The standard InChI is InChI=1S/C21H17ClFN5O3/c1-11-7-13(23)3-4-14(11)15-5-6-24-18(26-15)20(29)27-16-10-31-17-8-12(22)9-25-19(17)28(2)21(16)30/h3-9,16H,10H2,1-2H3,(H,27,29). The lowest BCUT2D eigenvalue weighted by atomic mass is 10.1. The third kappa shape index (κ3) is 4.17. The van der Waals surface area contributed by atoms with Gasteiger partial charge in [-0.05, 0) is 36.8 Å². The Labute approximate surface area is 182 Å². The van der Waals surface area contributed by atoms with Crippen molar-refractivity contribution >= 4 is 29.2 Å². The molecule has 0 bridgehead atoms. The average Bonchev–Trinajstić information content (AvgIpc) is 2.85. The summed E-state index contributed by atoms with van der Waals surface area (Å²) in [4.78, 5) is 39.3. The van der Waals surface area contributed by atoms with Crippen LogP contribution in [-0.4, -0.2) is 46.5 Å². The van der Waals surface area contributed by atoms with E-state index in [0.717, 1.165) is 0 Å². The normalized spacial score (nSPS) is 15.7. The summed E-state index contributed by atoms with van der Waals surface area (Å²) < 4.78 is 19.0. The molecule has 2 aromatic heterocycles. The second kappa shape index (κ2) is 8.27. The molecule has 1 N–H and O–H groups in total. The van der Waals surface area contributed by atoms with Gasteiger partial charge < -0.3 is 10.1 Å². The first-order valence-corrected chi connectivity index (χ1v) is 9.67. The third-order valence-electron chi connectivity index (χ3n) is 4.78. The van der Waals surface area contributed by atoms with Crippen molar-refractivity contribution < 1.29 is 18.7 Å². The van der Waals surface area contributed by atoms with E-state index < -0.39 is 17.9 Å². The number of likely N-dealkylation sites (N-methyl/N-ethyl adjacent to an activating group) is 1. The van der Waals surface area contributed by atoms with Crippen molar-refractivity contribution in [2.75, 3.05) is 18.6 Å². The Morgan fingerprint density at radius 3 is 2.87 bits per heavy atom. The number of ether oxygens (including phenoxy) is 1. The van der Waals surface area contributed by atoms with Crippen LogP contribution in [0.1, 0.15) is 16.2 Å². The van der Waals surface area contributed by atoms with Gasteiger partial charge in [0.05, 0.1) is 10.7 Å². The van der Waals surface area contributed by atoms with Crippen molar-refractivity contribution in [1.82, 2.24) is 20.3 Å². The van der Waals surface area contributed by atoms with E-state index in [1.54, 1.807) is 25.1 Å². The summed E-state index contributed by atoms with van der Waals surface area (Å²) in [5.74, 6) is -0.900. The van der Waals surface area contributed by atoms with Crippen LogP contribution in [0.25, 0.3) is 11.3 Å². The lowest BCUT2D eigenvalue weighted by Gasteiger charge is -2.19. The van der Waals surface area contributed by atoms with E-state index in [0.29, 0.717) is 33.4 Å². The largest absolute Gasteiger partial charge is 0.487 e. The van der Waals surface area contributed by atoms with Crippen molar-refractivity contribution in [3.8, 4) is 17.0 Å². The summed E-state index contributed by atoms with van der Waals surface area (Å²) in [6.45, 7) is 1.64. The molecule has 1 aliphatic rings. The molecule has 0 radical (unpaired) electrons. The molecule has 158 valence electrons. The van der Waals surface area contributed by atoms with E-state index in [9.17, 15) is 14.0 Å². The fourth-order valence-corrected chi connectivity index (χ4v) is 3.36. The van der Waals surface area contributed by atoms with Gasteiger partial charge in [-0.15, -0.1) is 0 Å². The Balaban J connectivity index is 1.55. The van der Waals surface area contributed by atoms with Crippen molar-refractivity contribution in [3.63, 3.8) is 0 Å². The molecule has 1 aliphatic heterocycles. The number of anilines is 1. The van der Waals surface area contributed by atoms with Gasteiger partial charge in [0.2, 0.25) is 5.82 Å². The molecule has 0 aliphatic carbocycles. The van der Waals surface area contributed by atoms with Gasteiger partial charge in [0.15, 0.2) is 11.6 Å². The Hall–Kier alpha value is -3.59. The first-order chi connectivity index (χ1) is 14.8. The molecule has 0 fully saturated rings. The summed E-state index contributed by atoms with van der Waals surface area (Å²) in [5, 5.41) is 2.97. The minimum absolute atomic E-state index is 0.110. The van der Waals surface area contributed by atoms with E-state index in [2.05, 4.69) is 20.3 Å². The van der Waals surface area contributed by atoms with E-state index in [4.69, 9.17) is 16.3 Å². The summed E-state index contributed by atoms with van der Waals surface area (Å²) in [5.41, 5.74) is 1.80. The van der Waals surface area contributed by atoms with Crippen LogP contribution in [-0.2, 0) is 4.79 Å². The monoisotopic (exact) mass is 441 g/mol. The summed E-state index contributed by atoms with van der Waals surface area (Å²) in [6, 6.07) is 6.48. The van der Waals surface area contributed by atoms with Gasteiger partial charge in [-0.2, -0.15) is 0 Å². The number of pyridine rings is 1. The van der Waals surface area contributed by atoms with Gasteiger partial charge in [0, 0.05) is 31.1 Å². The third-order valence-corrected chi connectivity index (χ3v) is 4.99. The molecular weight excluding hydrogens is 425 g/mol. The van der Waals surface area contributed by atoms with Gasteiger partial charge in [-0.1, -0.05) is 11.6 Å². The fraction of sp³-hybridized carbons (Fsp3) is 0.190. The molecule has 31 heavy (non-hydrogen) atoms. The minimum Gasteiger partial charge on any atom is -0.487 e. The van der Waals surface area contributed by atoms with E-state index in [1.165, 1.54) is 36.5 Å². The highest BCUT2D eigenvalue weighted by Crippen LogP contribution is 2.30. The van der Waals surface area contributed by atoms with Gasteiger partial charge in [0.1, 0.15) is 18.5 Å². The zero-order chi connectivity index (χ0) is 22.1. The SMILES string of the molecule is Cc1cc(F)ccc1-c1ccnc(C(=O)NC2COc3cc(Cl)cnc3N(C)C2=O)n1. The quantitative estimate of drug-likeness (QED) is 0.671. The Kier molecular flexibility index (Phi) is 5.51. The molecule has 0 saturated heterocycles. The van der Waals surface area contributed by atoms with E-state index >= 15 is 0 Å². The number of rotatable bonds is 3. The molecule has 3 aromatic rings. The van der Waals surface area contributed by atoms with Crippen LogP contribution >= 0.6 is 11.6 Å². The number of aryl methyl sites for hydroxylation is 1. The molecule has 2 amide bonds. The van der Waals surface area contributed by atoms with Crippen LogP contribution in [0.3, 0.4) is 0 Å². The first kappa shape index (κ1) is 20.7. The van der Waals surface area contributed by atoms with Gasteiger partial charge >= 0.3 is 0 Å². The number of aromatic nitrogens is 3. The fourth-order valence-electron chi connectivity index (χ4n) is 3.21.